The minimum atomic E-state index is -0.721. The van der Waals surface area contributed by atoms with Gasteiger partial charge in [0, 0.05) is 5.56 Å². The Kier molecular flexibility index (Phi) is 4.87. The van der Waals surface area contributed by atoms with E-state index in [-0.39, 0.29) is 11.3 Å². The summed E-state index contributed by atoms with van der Waals surface area (Å²) in [7, 11) is 0. The molecular weight excluding hydrogens is 280 g/mol. The second kappa shape index (κ2) is 7.03. The molecule has 0 aliphatic rings. The van der Waals surface area contributed by atoms with Crippen LogP contribution in [-0.4, -0.2) is 17.3 Å². The van der Waals surface area contributed by atoms with Crippen LogP contribution in [-0.2, 0) is 4.79 Å². The van der Waals surface area contributed by atoms with Gasteiger partial charge in [0.05, 0.1) is 11.4 Å². The summed E-state index contributed by atoms with van der Waals surface area (Å²) in [6.45, 7) is 1.39. The van der Waals surface area contributed by atoms with Gasteiger partial charge >= 0.3 is 0 Å². The molecule has 2 aromatic carbocycles. The molecule has 110 valence electrons. The maximum absolute atomic E-state index is 11.9. The van der Waals surface area contributed by atoms with Crippen molar-refractivity contribution >= 4 is 28.7 Å². The third kappa shape index (κ3) is 3.69. The molecule has 2 N–H and O–H groups in total. The Morgan fingerprint density at radius 1 is 0.864 bits per heavy atom. The minimum absolute atomic E-state index is 0.0298. The van der Waals surface area contributed by atoms with Gasteiger partial charge in [-0.1, -0.05) is 18.2 Å². The molecule has 0 aliphatic heterocycles. The quantitative estimate of drug-likeness (QED) is 0.229. The number of Topliss-reactive ketones (excluding diaryl/α,β-unsaturated/α-hetero) is 2. The summed E-state index contributed by atoms with van der Waals surface area (Å²) in [6, 6.07) is 15.5. The van der Waals surface area contributed by atoms with Gasteiger partial charge in [0.1, 0.15) is 5.71 Å². The highest BCUT2D eigenvalue weighted by atomic mass is 16.2. The first kappa shape index (κ1) is 15.2. The van der Waals surface area contributed by atoms with Crippen LogP contribution in [0.25, 0.3) is 0 Å². The maximum Gasteiger partial charge on any atom is 0.249 e. The first-order valence-corrected chi connectivity index (χ1v) is 6.52. The summed E-state index contributed by atoms with van der Waals surface area (Å²) in [5.74, 6) is 3.62. The Labute approximate surface area is 127 Å². The van der Waals surface area contributed by atoms with Gasteiger partial charge in [0.2, 0.25) is 11.6 Å². The van der Waals surface area contributed by atoms with Gasteiger partial charge in [0.15, 0.2) is 0 Å². The number of benzene rings is 2. The summed E-state index contributed by atoms with van der Waals surface area (Å²) in [5, 5.41) is 11.4. The van der Waals surface area contributed by atoms with E-state index in [4.69, 9.17) is 5.84 Å². The second-order valence-corrected chi connectivity index (χ2v) is 4.46. The molecule has 6 nitrogen and oxygen atoms in total. The van der Waals surface area contributed by atoms with E-state index in [0.717, 1.165) is 5.69 Å². The van der Waals surface area contributed by atoms with E-state index < -0.39 is 11.6 Å². The molecule has 22 heavy (non-hydrogen) atoms. The van der Waals surface area contributed by atoms with Gasteiger partial charge in [-0.2, -0.15) is 15.3 Å². The molecule has 0 fully saturated rings. The molecule has 0 bridgehead atoms. The SMILES string of the molecule is CC(=NN)C(=O)C(=O)c1ccc(N=Nc2ccccc2)cc1. The normalized spacial score (nSPS) is 11.6. The van der Waals surface area contributed by atoms with Gasteiger partial charge in [-0.25, -0.2) is 0 Å². The lowest BCUT2D eigenvalue weighted by molar-refractivity contribution is -0.109. The Hall–Kier alpha value is -3.15. The number of hydrogen-bond acceptors (Lipinski definition) is 6. The molecule has 0 unspecified atom stereocenters. The zero-order chi connectivity index (χ0) is 15.9. The molecular formula is C16H14N4O2. The highest BCUT2D eigenvalue weighted by molar-refractivity contribution is 6.67. The summed E-state index contributed by atoms with van der Waals surface area (Å²) in [6.07, 6.45) is 0. The number of carbonyl (C=O) groups is 2. The van der Waals surface area contributed by atoms with Crippen molar-refractivity contribution in [2.75, 3.05) is 0 Å². The predicted octanol–water partition coefficient (Wildman–Crippen LogP) is 3.19. The lowest BCUT2D eigenvalue weighted by Crippen LogP contribution is -2.22. The van der Waals surface area contributed by atoms with Crippen LogP contribution < -0.4 is 5.84 Å². The summed E-state index contributed by atoms with van der Waals surface area (Å²) < 4.78 is 0. The molecule has 0 saturated carbocycles. The van der Waals surface area contributed by atoms with E-state index in [2.05, 4.69) is 15.3 Å². The number of ketones is 2. The minimum Gasteiger partial charge on any atom is -0.323 e. The number of hydrogen-bond donors (Lipinski definition) is 1. The Balaban J connectivity index is 2.12. The van der Waals surface area contributed by atoms with Crippen molar-refractivity contribution in [3.8, 4) is 0 Å². The fraction of sp³-hybridized carbons (Fsp3) is 0.0625. The van der Waals surface area contributed by atoms with Crippen LogP contribution in [0.3, 0.4) is 0 Å². The molecule has 0 amide bonds. The average Bonchev–Trinajstić information content (AvgIpc) is 2.59. The smallest absolute Gasteiger partial charge is 0.249 e. The van der Waals surface area contributed by atoms with Crippen molar-refractivity contribution in [3.63, 3.8) is 0 Å². The standard InChI is InChI=1S/C16H14N4O2/c1-11(18-17)15(21)16(22)12-7-9-14(10-8-12)20-19-13-5-3-2-4-6-13/h2-10H,17H2,1H3. The predicted molar refractivity (Wildman–Crippen MR) is 83.7 cm³/mol. The van der Waals surface area contributed by atoms with Crippen molar-refractivity contribution in [1.82, 2.24) is 0 Å². The van der Waals surface area contributed by atoms with Crippen molar-refractivity contribution in [2.24, 2.45) is 21.2 Å². The molecule has 2 rings (SSSR count). The molecule has 0 heterocycles. The highest BCUT2D eigenvalue weighted by Gasteiger charge is 2.18. The van der Waals surface area contributed by atoms with Crippen LogP contribution in [0.4, 0.5) is 11.4 Å². The van der Waals surface area contributed by atoms with E-state index >= 15 is 0 Å². The summed E-state index contributed by atoms with van der Waals surface area (Å²) >= 11 is 0. The Morgan fingerprint density at radius 2 is 1.41 bits per heavy atom. The zero-order valence-corrected chi connectivity index (χ0v) is 11.9. The lowest BCUT2D eigenvalue weighted by atomic mass is 10.0. The number of carbonyl (C=O) groups excluding carboxylic acids is 2. The Bertz CT molecular complexity index is 735. The van der Waals surface area contributed by atoms with Gasteiger partial charge in [0.25, 0.3) is 0 Å². The molecule has 0 atom stereocenters. The van der Waals surface area contributed by atoms with Crippen molar-refractivity contribution in [3.05, 3.63) is 60.2 Å². The van der Waals surface area contributed by atoms with Gasteiger partial charge in [-0.3, -0.25) is 9.59 Å². The van der Waals surface area contributed by atoms with Gasteiger partial charge < -0.3 is 5.84 Å². The van der Waals surface area contributed by atoms with Crippen LogP contribution in [0.2, 0.25) is 0 Å². The van der Waals surface area contributed by atoms with E-state index in [9.17, 15) is 9.59 Å². The van der Waals surface area contributed by atoms with Crippen LogP contribution in [0.15, 0.2) is 69.9 Å². The molecule has 2 aromatic rings. The Morgan fingerprint density at radius 3 is 1.95 bits per heavy atom. The number of azo groups is 1. The average molecular weight is 294 g/mol. The second-order valence-electron chi connectivity index (χ2n) is 4.46. The fourth-order valence-electron chi connectivity index (χ4n) is 1.64. The number of rotatable bonds is 5. The van der Waals surface area contributed by atoms with Crippen LogP contribution >= 0.6 is 0 Å². The third-order valence-corrected chi connectivity index (χ3v) is 2.90. The van der Waals surface area contributed by atoms with E-state index in [1.54, 1.807) is 12.1 Å². The van der Waals surface area contributed by atoms with Crippen molar-refractivity contribution in [2.45, 2.75) is 6.92 Å². The van der Waals surface area contributed by atoms with Crippen LogP contribution in [0, 0.1) is 0 Å². The number of nitrogens with two attached hydrogens (primary N) is 1. The molecule has 6 heteroatoms. The zero-order valence-electron chi connectivity index (χ0n) is 11.9. The van der Waals surface area contributed by atoms with Gasteiger partial charge in [-0.05, 0) is 43.3 Å². The largest absolute Gasteiger partial charge is 0.323 e. The summed E-state index contributed by atoms with van der Waals surface area (Å²) in [5.41, 5.74) is 1.54. The first-order valence-electron chi connectivity index (χ1n) is 6.52. The highest BCUT2D eigenvalue weighted by Crippen LogP contribution is 2.18. The number of hydrazone groups is 1. The number of nitrogens with zero attached hydrogens (tertiary/aromatic N) is 3. The third-order valence-electron chi connectivity index (χ3n) is 2.90. The topological polar surface area (TPSA) is 97.2 Å². The van der Waals surface area contributed by atoms with E-state index in [1.807, 2.05) is 30.3 Å². The van der Waals surface area contributed by atoms with Crippen LogP contribution in [0.1, 0.15) is 17.3 Å². The monoisotopic (exact) mass is 294 g/mol. The fourth-order valence-corrected chi connectivity index (χ4v) is 1.64. The van der Waals surface area contributed by atoms with Crippen molar-refractivity contribution in [1.29, 1.82) is 0 Å². The van der Waals surface area contributed by atoms with E-state index in [0.29, 0.717) is 5.69 Å². The molecule has 0 radical (unpaired) electrons. The van der Waals surface area contributed by atoms with Crippen LogP contribution in [0.5, 0.6) is 0 Å². The molecule has 0 spiro atoms. The maximum atomic E-state index is 11.9. The molecule has 0 saturated heterocycles. The molecule has 0 aromatic heterocycles. The molecule has 0 aliphatic carbocycles. The first-order chi connectivity index (χ1) is 10.6. The lowest BCUT2D eigenvalue weighted by Gasteiger charge is -2.00. The van der Waals surface area contributed by atoms with Gasteiger partial charge in [-0.15, -0.1) is 0 Å². The van der Waals surface area contributed by atoms with Crippen molar-refractivity contribution < 1.29 is 9.59 Å². The summed E-state index contributed by atoms with van der Waals surface area (Å²) in [4.78, 5) is 23.6. The van der Waals surface area contributed by atoms with E-state index in [1.165, 1.54) is 19.1 Å².